The molecule has 2 aromatic carbocycles. The number of carbonyl (C=O) groups is 3. The van der Waals surface area contributed by atoms with Gasteiger partial charge in [-0.05, 0) is 152 Å². The highest BCUT2D eigenvalue weighted by Gasteiger charge is 2.54. The van der Waals surface area contributed by atoms with Crippen molar-refractivity contribution in [3.05, 3.63) is 80.3 Å². The van der Waals surface area contributed by atoms with E-state index in [-0.39, 0.29) is 18.0 Å². The highest BCUT2D eigenvalue weighted by molar-refractivity contribution is 6.21. The van der Waals surface area contributed by atoms with Crippen LogP contribution in [0, 0.1) is 41.5 Å². The van der Waals surface area contributed by atoms with Crippen molar-refractivity contribution in [2.24, 2.45) is 4.99 Å². The Morgan fingerprint density at radius 1 is 0.759 bits per heavy atom. The molecule has 58 heavy (non-hydrogen) atoms. The van der Waals surface area contributed by atoms with Crippen LogP contribution in [0.4, 0.5) is 4.79 Å². The van der Waals surface area contributed by atoms with Crippen LogP contribution < -0.4 is 5.32 Å². The number of aliphatic hydroxyl groups excluding tert-OH is 1. The largest absolute Gasteiger partial charge is 0.507 e. The molecule has 2 heterocycles. The van der Waals surface area contributed by atoms with E-state index in [0.29, 0.717) is 68.9 Å². The third-order valence-electron chi connectivity index (χ3n) is 11.4. The SMILES string of the molecule is CCN=C=O.CCNC(=O)OC1=C(c2cc(C)c(C)cc2C)C(=O)OC12CCCC(OCC)C2.CCOC1CCCC2(C1)OC(=O)C(c1cc(C)c(C)cc1C)=C2O. The van der Waals surface area contributed by atoms with Crippen LogP contribution in [0.1, 0.15) is 124 Å². The van der Waals surface area contributed by atoms with Gasteiger partial charge in [-0.1, -0.05) is 24.3 Å². The minimum Gasteiger partial charge on any atom is -0.507 e. The fourth-order valence-electron chi connectivity index (χ4n) is 8.34. The van der Waals surface area contributed by atoms with Gasteiger partial charge >= 0.3 is 18.0 Å². The smallest absolute Gasteiger partial charge is 0.412 e. The van der Waals surface area contributed by atoms with Gasteiger partial charge in [-0.25, -0.2) is 24.2 Å². The quantitative estimate of drug-likeness (QED) is 0.109. The second-order valence-electron chi connectivity index (χ2n) is 15.5. The lowest BCUT2D eigenvalue weighted by molar-refractivity contribution is -0.155. The van der Waals surface area contributed by atoms with Crippen molar-refractivity contribution < 1.29 is 48.0 Å². The average molecular weight is 803 g/mol. The van der Waals surface area contributed by atoms with Gasteiger partial charge in [0.05, 0.1) is 12.2 Å². The van der Waals surface area contributed by atoms with Crippen LogP contribution in [0.2, 0.25) is 0 Å². The Hall–Kier alpha value is -4.77. The predicted molar refractivity (Wildman–Crippen MR) is 222 cm³/mol. The second kappa shape index (κ2) is 20.3. The Kier molecular flexibility index (Phi) is 16.1. The van der Waals surface area contributed by atoms with Gasteiger partial charge in [-0.3, -0.25) is 0 Å². The van der Waals surface area contributed by atoms with Crippen molar-refractivity contribution in [1.29, 1.82) is 0 Å². The van der Waals surface area contributed by atoms with Gasteiger partial charge in [0.2, 0.25) is 6.08 Å². The Morgan fingerprint density at radius 2 is 1.22 bits per heavy atom. The average Bonchev–Trinajstić information content (AvgIpc) is 3.55. The molecule has 12 nitrogen and oxygen atoms in total. The van der Waals surface area contributed by atoms with Gasteiger partial charge in [-0.2, -0.15) is 0 Å². The number of alkyl carbamates (subject to hydrolysis) is 1. The van der Waals surface area contributed by atoms with Crippen LogP contribution in [0.3, 0.4) is 0 Å². The van der Waals surface area contributed by atoms with Gasteiger partial charge in [0, 0.05) is 39.1 Å². The Bertz CT molecular complexity index is 1960. The topological polar surface area (TPSA) is 159 Å². The summed E-state index contributed by atoms with van der Waals surface area (Å²) >= 11 is 0. The lowest BCUT2D eigenvalue weighted by atomic mass is 9.80. The summed E-state index contributed by atoms with van der Waals surface area (Å²) in [6, 6.07) is 8.04. The van der Waals surface area contributed by atoms with E-state index in [2.05, 4.69) is 10.3 Å². The molecule has 2 aromatic rings. The molecule has 2 N–H and O–H groups in total. The van der Waals surface area contributed by atoms with Crippen molar-refractivity contribution in [1.82, 2.24) is 5.32 Å². The molecule has 316 valence electrons. The first-order chi connectivity index (χ1) is 27.6. The van der Waals surface area contributed by atoms with Crippen molar-refractivity contribution in [3.63, 3.8) is 0 Å². The number of isocyanates is 1. The van der Waals surface area contributed by atoms with Crippen molar-refractivity contribution >= 4 is 35.3 Å². The van der Waals surface area contributed by atoms with E-state index in [1.807, 2.05) is 86.6 Å². The first-order valence-electron chi connectivity index (χ1n) is 20.6. The Morgan fingerprint density at radius 3 is 1.71 bits per heavy atom. The predicted octanol–water partition coefficient (Wildman–Crippen LogP) is 8.84. The number of hydrogen-bond donors (Lipinski definition) is 2. The number of amides is 1. The summed E-state index contributed by atoms with van der Waals surface area (Å²) in [6.07, 6.45) is 6.67. The number of rotatable bonds is 9. The third kappa shape index (κ3) is 10.3. The van der Waals surface area contributed by atoms with Crippen LogP contribution in [-0.4, -0.2) is 78.9 Å². The molecular weight excluding hydrogens is 741 g/mol. The number of benzene rings is 2. The Labute approximate surface area is 343 Å². The molecule has 4 unspecified atom stereocenters. The highest BCUT2D eigenvalue weighted by Crippen LogP contribution is 2.49. The van der Waals surface area contributed by atoms with Gasteiger partial charge in [0.15, 0.2) is 22.7 Å². The number of aliphatic hydroxyl groups is 1. The zero-order chi connectivity index (χ0) is 42.8. The number of hydrogen-bond acceptors (Lipinski definition) is 11. The summed E-state index contributed by atoms with van der Waals surface area (Å²) in [5.74, 6) is -0.448. The maximum Gasteiger partial charge on any atom is 0.412 e. The summed E-state index contributed by atoms with van der Waals surface area (Å²) in [4.78, 5) is 50.3. The van der Waals surface area contributed by atoms with Crippen molar-refractivity contribution in [2.75, 3.05) is 26.3 Å². The summed E-state index contributed by atoms with van der Waals surface area (Å²) in [5, 5.41) is 13.6. The summed E-state index contributed by atoms with van der Waals surface area (Å²) in [7, 11) is 0. The highest BCUT2D eigenvalue weighted by atomic mass is 16.6. The molecule has 2 aliphatic carbocycles. The fourth-order valence-corrected chi connectivity index (χ4v) is 8.34. The van der Waals surface area contributed by atoms with Gasteiger partial charge < -0.3 is 34.1 Å². The molecule has 2 spiro atoms. The number of aryl methyl sites for hydroxylation is 6. The molecule has 4 aliphatic rings. The monoisotopic (exact) mass is 802 g/mol. The summed E-state index contributed by atoms with van der Waals surface area (Å²) in [5.41, 5.74) is 6.76. The zero-order valence-electron chi connectivity index (χ0n) is 36.0. The van der Waals surface area contributed by atoms with E-state index in [1.165, 1.54) is 11.6 Å². The van der Waals surface area contributed by atoms with Crippen LogP contribution >= 0.6 is 0 Å². The number of esters is 2. The van der Waals surface area contributed by atoms with Crippen LogP contribution in [0.5, 0.6) is 0 Å². The standard InChI is InChI=1S/C23H31NO5.C20H26O4.C3H5NO/c1-6-24-22(26)28-20-19(18-12-15(4)14(3)11-16(18)5)21(25)29-23(20)10-8-9-17(13-23)27-7-2;1-5-23-15-7-6-8-20(11-15)18(21)17(19(22)24-20)16-10-13(3)12(2)9-14(16)4;1-2-4-3-5/h11-12,17H,6-10,13H2,1-5H3,(H,24,26);9-10,15,21H,5-8,11H2,1-4H3;2H2,1H3. The summed E-state index contributed by atoms with van der Waals surface area (Å²) < 4.78 is 29.0. The van der Waals surface area contributed by atoms with E-state index in [1.54, 1.807) is 6.92 Å². The molecule has 4 atom stereocenters. The lowest BCUT2D eigenvalue weighted by Gasteiger charge is -2.37. The number of aliphatic imine (C=N–C) groups is 1. The molecule has 0 bridgehead atoms. The first kappa shape index (κ1) is 45.9. The molecule has 12 heteroatoms. The van der Waals surface area contributed by atoms with E-state index >= 15 is 0 Å². The number of nitrogens with zero attached hydrogens (tertiary/aromatic N) is 1. The van der Waals surface area contributed by atoms with E-state index in [4.69, 9.17) is 28.5 Å². The van der Waals surface area contributed by atoms with Gasteiger partial charge in [0.1, 0.15) is 11.1 Å². The molecule has 2 fully saturated rings. The molecular formula is C46H62N2O10. The van der Waals surface area contributed by atoms with Gasteiger partial charge in [-0.15, -0.1) is 0 Å². The second-order valence-corrected chi connectivity index (χ2v) is 15.5. The van der Waals surface area contributed by atoms with Crippen LogP contribution in [-0.2, 0) is 38.1 Å². The number of carbonyl (C=O) groups excluding carboxylic acids is 4. The molecule has 2 aliphatic heterocycles. The summed E-state index contributed by atoms with van der Waals surface area (Å²) in [6.45, 7) is 21.7. The normalized spacial score (nSPS) is 23.7. The van der Waals surface area contributed by atoms with E-state index in [0.717, 1.165) is 64.6 Å². The van der Waals surface area contributed by atoms with E-state index < -0.39 is 29.2 Å². The molecule has 1 amide bonds. The molecule has 0 saturated heterocycles. The van der Waals surface area contributed by atoms with Gasteiger partial charge in [0.25, 0.3) is 0 Å². The van der Waals surface area contributed by atoms with Crippen molar-refractivity contribution in [2.45, 2.75) is 144 Å². The number of ether oxygens (including phenoxy) is 5. The lowest BCUT2D eigenvalue weighted by Crippen LogP contribution is -2.42. The molecule has 0 aromatic heterocycles. The third-order valence-corrected chi connectivity index (χ3v) is 11.4. The minimum absolute atomic E-state index is 0.0268. The maximum atomic E-state index is 13.1. The van der Waals surface area contributed by atoms with E-state index in [9.17, 15) is 19.5 Å². The Balaban J connectivity index is 0.000000233. The minimum atomic E-state index is -0.958. The van der Waals surface area contributed by atoms with Crippen molar-refractivity contribution in [3.8, 4) is 0 Å². The molecule has 2 saturated carbocycles. The zero-order valence-corrected chi connectivity index (χ0v) is 36.0. The van der Waals surface area contributed by atoms with Crippen LogP contribution in [0.15, 0.2) is 40.8 Å². The molecule has 0 radical (unpaired) electrons. The number of nitrogens with one attached hydrogen (secondary N) is 1. The fraction of sp³-hybridized carbons (Fsp3) is 0.565. The first-order valence-corrected chi connectivity index (χ1v) is 20.6. The maximum absolute atomic E-state index is 13.1. The molecule has 6 rings (SSSR count). The van der Waals surface area contributed by atoms with Crippen LogP contribution in [0.25, 0.3) is 11.1 Å².